The van der Waals surface area contributed by atoms with Crippen LogP contribution in [0.15, 0.2) is 42.6 Å². The van der Waals surface area contributed by atoms with Crippen LogP contribution in [0.3, 0.4) is 0 Å². The molecule has 2 rings (SSSR count). The number of aliphatic hydroxyl groups is 1. The van der Waals surface area contributed by atoms with Crippen molar-refractivity contribution in [2.75, 3.05) is 0 Å². The highest BCUT2D eigenvalue weighted by Crippen LogP contribution is 2.33. The molecule has 0 radical (unpaired) electrons. The maximum atomic E-state index is 10.6. The van der Waals surface area contributed by atoms with Crippen LogP contribution in [0.1, 0.15) is 32.6 Å². The van der Waals surface area contributed by atoms with Gasteiger partial charge in [0, 0.05) is 11.2 Å². The fourth-order valence-corrected chi connectivity index (χ4v) is 2.06. The van der Waals surface area contributed by atoms with Crippen LogP contribution in [0.25, 0.3) is 0 Å². The summed E-state index contributed by atoms with van der Waals surface area (Å²) in [6.45, 7) is 5.95. The van der Waals surface area contributed by atoms with Crippen LogP contribution in [-0.4, -0.2) is 16.2 Å². The SMILES string of the molecule is CC(C)(C)C(O)C(Oc1ccc(Cl)cc1)c1ccc[nH]1. The number of nitrogens with one attached hydrogen (secondary N) is 1. The van der Waals surface area contributed by atoms with E-state index in [9.17, 15) is 5.11 Å². The molecule has 0 aliphatic heterocycles. The number of aromatic nitrogens is 1. The Kier molecular flexibility index (Phi) is 4.41. The molecule has 0 saturated heterocycles. The van der Waals surface area contributed by atoms with Gasteiger partial charge in [-0.15, -0.1) is 0 Å². The average Bonchev–Trinajstić information content (AvgIpc) is 2.90. The summed E-state index contributed by atoms with van der Waals surface area (Å²) in [6, 6.07) is 10.9. The lowest BCUT2D eigenvalue weighted by molar-refractivity contribution is -0.0348. The van der Waals surface area contributed by atoms with Gasteiger partial charge in [0.2, 0.25) is 0 Å². The van der Waals surface area contributed by atoms with Gasteiger partial charge in [0.05, 0.1) is 5.69 Å². The van der Waals surface area contributed by atoms with Crippen LogP contribution in [0.2, 0.25) is 5.02 Å². The number of H-pyrrole nitrogens is 1. The molecule has 108 valence electrons. The summed E-state index contributed by atoms with van der Waals surface area (Å²) in [7, 11) is 0. The second-order valence-electron chi connectivity index (χ2n) is 5.93. The summed E-state index contributed by atoms with van der Waals surface area (Å²) in [5, 5.41) is 11.2. The lowest BCUT2D eigenvalue weighted by Crippen LogP contribution is -2.35. The van der Waals surface area contributed by atoms with Gasteiger partial charge in [-0.25, -0.2) is 0 Å². The zero-order valence-corrected chi connectivity index (χ0v) is 12.7. The molecule has 0 spiro atoms. The Morgan fingerprint density at radius 2 is 1.80 bits per heavy atom. The van der Waals surface area contributed by atoms with Gasteiger partial charge in [-0.3, -0.25) is 0 Å². The molecule has 3 nitrogen and oxygen atoms in total. The van der Waals surface area contributed by atoms with Gasteiger partial charge in [0.15, 0.2) is 6.10 Å². The quantitative estimate of drug-likeness (QED) is 0.887. The van der Waals surface area contributed by atoms with E-state index in [1.54, 1.807) is 24.3 Å². The Hall–Kier alpha value is -1.45. The molecule has 0 aliphatic rings. The molecule has 4 heteroatoms. The summed E-state index contributed by atoms with van der Waals surface area (Å²) in [6.07, 6.45) is 0.728. The number of hydrogen-bond acceptors (Lipinski definition) is 2. The summed E-state index contributed by atoms with van der Waals surface area (Å²) in [5.41, 5.74) is 0.560. The van der Waals surface area contributed by atoms with Crippen molar-refractivity contribution < 1.29 is 9.84 Å². The van der Waals surface area contributed by atoms with Crippen molar-refractivity contribution in [2.45, 2.75) is 33.0 Å². The maximum absolute atomic E-state index is 10.6. The van der Waals surface area contributed by atoms with Gasteiger partial charge in [-0.05, 0) is 41.8 Å². The zero-order chi connectivity index (χ0) is 14.8. The second-order valence-corrected chi connectivity index (χ2v) is 6.37. The maximum Gasteiger partial charge on any atom is 0.165 e. The van der Waals surface area contributed by atoms with Crippen LogP contribution in [0.5, 0.6) is 5.75 Å². The minimum Gasteiger partial charge on any atom is -0.481 e. The first-order valence-corrected chi connectivity index (χ1v) is 6.99. The van der Waals surface area contributed by atoms with Crippen molar-refractivity contribution in [3.05, 3.63) is 53.3 Å². The predicted molar refractivity (Wildman–Crippen MR) is 81.1 cm³/mol. The van der Waals surface area contributed by atoms with Crippen LogP contribution in [0, 0.1) is 5.41 Å². The van der Waals surface area contributed by atoms with Crippen molar-refractivity contribution >= 4 is 11.6 Å². The third kappa shape index (κ3) is 3.56. The van der Waals surface area contributed by atoms with E-state index in [1.807, 2.05) is 39.1 Å². The first-order valence-electron chi connectivity index (χ1n) is 6.61. The largest absolute Gasteiger partial charge is 0.481 e. The molecule has 2 N–H and O–H groups in total. The highest BCUT2D eigenvalue weighted by molar-refractivity contribution is 6.30. The standard InChI is InChI=1S/C16H20ClNO2/c1-16(2,3)15(19)14(13-5-4-10-18-13)20-12-8-6-11(17)7-9-12/h4-10,14-15,18-19H,1-3H3. The number of ether oxygens (including phenoxy) is 1. The van der Waals surface area contributed by atoms with Crippen molar-refractivity contribution in [2.24, 2.45) is 5.41 Å². The Bertz CT molecular complexity index is 529. The molecular formula is C16H20ClNO2. The van der Waals surface area contributed by atoms with E-state index in [0.29, 0.717) is 10.8 Å². The van der Waals surface area contributed by atoms with Crippen LogP contribution < -0.4 is 4.74 Å². The normalized spacial score (nSPS) is 14.8. The second kappa shape index (κ2) is 5.90. The van der Waals surface area contributed by atoms with E-state index in [1.165, 1.54) is 0 Å². The minimum atomic E-state index is -0.642. The summed E-state index contributed by atoms with van der Waals surface area (Å²) in [5.74, 6) is 0.678. The Morgan fingerprint density at radius 3 is 2.30 bits per heavy atom. The number of halogens is 1. The zero-order valence-electron chi connectivity index (χ0n) is 11.9. The molecule has 2 atom stereocenters. The van der Waals surface area contributed by atoms with E-state index < -0.39 is 12.2 Å². The highest BCUT2D eigenvalue weighted by Gasteiger charge is 2.33. The first-order chi connectivity index (χ1) is 9.38. The molecule has 2 unspecified atom stereocenters. The molecule has 0 amide bonds. The minimum absolute atomic E-state index is 0.289. The van der Waals surface area contributed by atoms with Gasteiger partial charge in [0.25, 0.3) is 0 Å². The summed E-state index contributed by atoms with van der Waals surface area (Å²) in [4.78, 5) is 3.11. The fraction of sp³-hybridized carbons (Fsp3) is 0.375. The lowest BCUT2D eigenvalue weighted by atomic mass is 9.85. The van der Waals surface area contributed by atoms with Crippen molar-refractivity contribution in [1.82, 2.24) is 4.98 Å². The predicted octanol–water partition coefficient (Wildman–Crippen LogP) is 4.20. The van der Waals surface area contributed by atoms with Gasteiger partial charge in [0.1, 0.15) is 11.9 Å². The van der Waals surface area contributed by atoms with Gasteiger partial charge in [-0.1, -0.05) is 32.4 Å². The molecule has 0 aliphatic carbocycles. The molecule has 0 saturated carbocycles. The number of rotatable bonds is 4. The van der Waals surface area contributed by atoms with Gasteiger partial charge >= 0.3 is 0 Å². The van der Waals surface area contributed by atoms with Crippen molar-refractivity contribution in [1.29, 1.82) is 0 Å². The van der Waals surface area contributed by atoms with Crippen LogP contribution in [-0.2, 0) is 0 Å². The van der Waals surface area contributed by atoms with Crippen LogP contribution >= 0.6 is 11.6 Å². The van der Waals surface area contributed by atoms with E-state index in [0.717, 1.165) is 5.69 Å². The first kappa shape index (κ1) is 14.9. The summed E-state index contributed by atoms with van der Waals surface area (Å²) < 4.78 is 5.96. The smallest absolute Gasteiger partial charge is 0.165 e. The van der Waals surface area contributed by atoms with Crippen molar-refractivity contribution in [3.8, 4) is 5.75 Å². The Labute approximate surface area is 124 Å². The number of aliphatic hydroxyl groups excluding tert-OH is 1. The molecular weight excluding hydrogens is 274 g/mol. The van der Waals surface area contributed by atoms with Gasteiger partial charge < -0.3 is 14.8 Å². The fourth-order valence-electron chi connectivity index (χ4n) is 1.93. The van der Waals surface area contributed by atoms with E-state index in [4.69, 9.17) is 16.3 Å². The number of aromatic amines is 1. The third-order valence-electron chi connectivity index (χ3n) is 3.18. The molecule has 1 aromatic carbocycles. The lowest BCUT2D eigenvalue weighted by Gasteiger charge is -2.32. The van der Waals surface area contributed by atoms with Crippen LogP contribution in [0.4, 0.5) is 0 Å². The molecule has 20 heavy (non-hydrogen) atoms. The van der Waals surface area contributed by atoms with E-state index in [-0.39, 0.29) is 5.41 Å². The highest BCUT2D eigenvalue weighted by atomic mass is 35.5. The monoisotopic (exact) mass is 293 g/mol. The number of benzene rings is 1. The van der Waals surface area contributed by atoms with Gasteiger partial charge in [-0.2, -0.15) is 0 Å². The Morgan fingerprint density at radius 1 is 1.15 bits per heavy atom. The molecule has 0 bridgehead atoms. The van der Waals surface area contributed by atoms with E-state index >= 15 is 0 Å². The van der Waals surface area contributed by atoms with Crippen molar-refractivity contribution in [3.63, 3.8) is 0 Å². The number of hydrogen-bond donors (Lipinski definition) is 2. The molecule has 1 aromatic heterocycles. The average molecular weight is 294 g/mol. The topological polar surface area (TPSA) is 45.2 Å². The van der Waals surface area contributed by atoms with E-state index in [2.05, 4.69) is 4.98 Å². The summed E-state index contributed by atoms with van der Waals surface area (Å²) >= 11 is 5.87. The molecule has 1 heterocycles. The Balaban J connectivity index is 2.26. The molecule has 2 aromatic rings. The molecule has 0 fully saturated rings. The third-order valence-corrected chi connectivity index (χ3v) is 3.43.